The minimum Gasteiger partial charge on any atom is -0.476 e. The molecule has 0 amide bonds. The highest BCUT2D eigenvalue weighted by Crippen LogP contribution is 2.21. The molecule has 0 radical (unpaired) electrons. The lowest BCUT2D eigenvalue weighted by Gasteiger charge is -2.04. The van der Waals surface area contributed by atoms with E-state index in [0.717, 1.165) is 5.56 Å². The van der Waals surface area contributed by atoms with Gasteiger partial charge in [0.25, 0.3) is 0 Å². The Kier molecular flexibility index (Phi) is 3.50. The quantitative estimate of drug-likeness (QED) is 0.803. The monoisotopic (exact) mass is 302 g/mol. The molecule has 0 fully saturated rings. The maximum atomic E-state index is 11.4. The molecule has 21 heavy (non-hydrogen) atoms. The highest BCUT2D eigenvalue weighted by atomic mass is 35.5. The minimum atomic E-state index is -1.09. The number of aromatic carboxylic acids is 1. The van der Waals surface area contributed by atoms with Crippen molar-refractivity contribution in [2.45, 2.75) is 6.61 Å². The number of fused-ring (bicyclic) bond motifs is 1. The first-order valence-corrected chi connectivity index (χ1v) is 6.60. The van der Waals surface area contributed by atoms with Gasteiger partial charge in [0.15, 0.2) is 5.69 Å². The average molecular weight is 303 g/mol. The van der Waals surface area contributed by atoms with Crippen molar-refractivity contribution in [1.82, 2.24) is 9.38 Å². The second-order valence-corrected chi connectivity index (χ2v) is 4.85. The number of nitrogens with zero attached hydrogens (tertiary/aromatic N) is 2. The lowest BCUT2D eigenvalue weighted by molar-refractivity contribution is 0.0683. The van der Waals surface area contributed by atoms with Crippen LogP contribution in [0, 0.1) is 0 Å². The predicted octanol–water partition coefficient (Wildman–Crippen LogP) is 3.26. The Morgan fingerprint density at radius 1 is 1.29 bits per heavy atom. The van der Waals surface area contributed by atoms with E-state index in [0.29, 0.717) is 10.7 Å². The Hall–Kier alpha value is -2.53. The third kappa shape index (κ3) is 2.68. The van der Waals surface area contributed by atoms with E-state index in [4.69, 9.17) is 16.3 Å². The van der Waals surface area contributed by atoms with Crippen LogP contribution in [0.1, 0.15) is 16.1 Å². The van der Waals surface area contributed by atoms with Crippen LogP contribution in [-0.4, -0.2) is 20.5 Å². The summed E-state index contributed by atoms with van der Waals surface area (Å²) in [7, 11) is 0. The van der Waals surface area contributed by atoms with E-state index in [9.17, 15) is 9.90 Å². The van der Waals surface area contributed by atoms with E-state index in [1.54, 1.807) is 36.5 Å². The third-order valence-electron chi connectivity index (χ3n) is 2.97. The number of imidazole rings is 1. The minimum absolute atomic E-state index is 0.00706. The summed E-state index contributed by atoms with van der Waals surface area (Å²) >= 11 is 5.90. The van der Waals surface area contributed by atoms with Gasteiger partial charge in [0.05, 0.1) is 0 Å². The van der Waals surface area contributed by atoms with Crippen LogP contribution in [0.5, 0.6) is 5.88 Å². The number of ether oxygens (including phenoxy) is 1. The largest absolute Gasteiger partial charge is 0.476 e. The van der Waals surface area contributed by atoms with Crippen molar-refractivity contribution < 1.29 is 14.6 Å². The molecule has 1 aromatic carbocycles. The summed E-state index contributed by atoms with van der Waals surface area (Å²) in [4.78, 5) is 15.6. The zero-order chi connectivity index (χ0) is 14.8. The summed E-state index contributed by atoms with van der Waals surface area (Å²) in [5, 5.41) is 9.93. The first-order chi connectivity index (χ1) is 10.1. The lowest BCUT2D eigenvalue weighted by Crippen LogP contribution is -2.05. The average Bonchev–Trinajstić information content (AvgIpc) is 2.83. The Balaban J connectivity index is 1.93. The summed E-state index contributed by atoms with van der Waals surface area (Å²) in [5.74, 6) is -0.997. The highest BCUT2D eigenvalue weighted by Gasteiger charge is 2.19. The van der Waals surface area contributed by atoms with Crippen LogP contribution in [0.2, 0.25) is 5.02 Å². The van der Waals surface area contributed by atoms with E-state index in [2.05, 4.69) is 4.98 Å². The van der Waals surface area contributed by atoms with Crippen molar-refractivity contribution in [3.8, 4) is 5.88 Å². The number of carbonyl (C=O) groups is 1. The maximum absolute atomic E-state index is 11.4. The lowest BCUT2D eigenvalue weighted by atomic mass is 10.2. The van der Waals surface area contributed by atoms with E-state index in [1.165, 1.54) is 4.40 Å². The van der Waals surface area contributed by atoms with Gasteiger partial charge in [-0.2, -0.15) is 4.98 Å². The Morgan fingerprint density at radius 2 is 2.14 bits per heavy atom. The number of hydrogen-bond acceptors (Lipinski definition) is 3. The molecule has 0 aliphatic rings. The van der Waals surface area contributed by atoms with E-state index in [-0.39, 0.29) is 18.2 Å². The molecule has 0 saturated carbocycles. The van der Waals surface area contributed by atoms with Gasteiger partial charge in [-0.1, -0.05) is 29.8 Å². The van der Waals surface area contributed by atoms with Gasteiger partial charge in [-0.25, -0.2) is 4.79 Å². The molecule has 6 heteroatoms. The summed E-state index contributed by atoms with van der Waals surface area (Å²) < 4.78 is 7.03. The molecular weight excluding hydrogens is 292 g/mol. The predicted molar refractivity (Wildman–Crippen MR) is 77.9 cm³/mol. The first-order valence-electron chi connectivity index (χ1n) is 6.23. The van der Waals surface area contributed by atoms with Crippen molar-refractivity contribution in [1.29, 1.82) is 0 Å². The Bertz CT molecular complexity index is 814. The molecule has 5 nitrogen and oxygen atoms in total. The van der Waals surface area contributed by atoms with Crippen LogP contribution >= 0.6 is 11.6 Å². The van der Waals surface area contributed by atoms with Crippen LogP contribution in [0.25, 0.3) is 5.65 Å². The van der Waals surface area contributed by atoms with Crippen molar-refractivity contribution in [3.05, 3.63) is 64.9 Å². The van der Waals surface area contributed by atoms with Gasteiger partial charge >= 0.3 is 5.97 Å². The number of hydrogen-bond donors (Lipinski definition) is 1. The Morgan fingerprint density at radius 3 is 2.90 bits per heavy atom. The molecule has 0 unspecified atom stereocenters. The topological polar surface area (TPSA) is 63.8 Å². The number of carboxylic acid groups (broad SMARTS) is 1. The molecule has 0 bridgehead atoms. The van der Waals surface area contributed by atoms with Gasteiger partial charge in [-0.05, 0) is 29.8 Å². The second kappa shape index (κ2) is 5.46. The Labute approximate surface area is 125 Å². The molecule has 3 aromatic rings. The molecule has 0 spiro atoms. The maximum Gasteiger partial charge on any atom is 0.358 e. The van der Waals surface area contributed by atoms with E-state index < -0.39 is 5.97 Å². The first kappa shape index (κ1) is 13.5. The van der Waals surface area contributed by atoms with Gasteiger partial charge < -0.3 is 9.84 Å². The molecule has 0 aliphatic heterocycles. The third-order valence-corrected chi connectivity index (χ3v) is 3.20. The molecule has 1 N–H and O–H groups in total. The molecule has 0 aliphatic carbocycles. The van der Waals surface area contributed by atoms with Gasteiger partial charge in [0.1, 0.15) is 12.3 Å². The highest BCUT2D eigenvalue weighted by molar-refractivity contribution is 6.30. The second-order valence-electron chi connectivity index (χ2n) is 4.42. The van der Waals surface area contributed by atoms with Crippen LogP contribution in [0.3, 0.4) is 0 Å². The number of pyridine rings is 1. The van der Waals surface area contributed by atoms with Crippen molar-refractivity contribution in [3.63, 3.8) is 0 Å². The molecule has 3 rings (SSSR count). The number of rotatable bonds is 4. The number of halogens is 1. The van der Waals surface area contributed by atoms with Crippen LogP contribution in [0.15, 0.2) is 48.7 Å². The van der Waals surface area contributed by atoms with Crippen molar-refractivity contribution >= 4 is 23.2 Å². The van der Waals surface area contributed by atoms with E-state index >= 15 is 0 Å². The van der Waals surface area contributed by atoms with Gasteiger partial charge in [0.2, 0.25) is 5.88 Å². The van der Waals surface area contributed by atoms with Gasteiger partial charge in [-0.3, -0.25) is 4.40 Å². The van der Waals surface area contributed by atoms with Crippen molar-refractivity contribution in [2.75, 3.05) is 0 Å². The number of benzene rings is 1. The van der Waals surface area contributed by atoms with Crippen LogP contribution < -0.4 is 4.74 Å². The molecule has 0 saturated heterocycles. The molecule has 0 atom stereocenters. The summed E-state index contributed by atoms with van der Waals surface area (Å²) in [5.41, 5.74) is 1.37. The molecule has 2 aromatic heterocycles. The fourth-order valence-electron chi connectivity index (χ4n) is 2.05. The van der Waals surface area contributed by atoms with Crippen LogP contribution in [-0.2, 0) is 6.61 Å². The fraction of sp³-hybridized carbons (Fsp3) is 0.0667. The molecule has 2 heterocycles. The van der Waals surface area contributed by atoms with E-state index in [1.807, 2.05) is 12.1 Å². The van der Waals surface area contributed by atoms with Crippen molar-refractivity contribution in [2.24, 2.45) is 0 Å². The number of aromatic nitrogens is 2. The van der Waals surface area contributed by atoms with Gasteiger partial charge in [0, 0.05) is 11.2 Å². The molecule has 106 valence electrons. The zero-order valence-electron chi connectivity index (χ0n) is 10.9. The fourth-order valence-corrected chi connectivity index (χ4v) is 2.26. The SMILES string of the molecule is O=C(O)c1c(OCc2cccc(Cl)c2)nc2ccccn12. The zero-order valence-corrected chi connectivity index (χ0v) is 11.6. The summed E-state index contributed by atoms with van der Waals surface area (Å²) in [6, 6.07) is 12.4. The smallest absolute Gasteiger partial charge is 0.358 e. The summed E-state index contributed by atoms with van der Waals surface area (Å²) in [6.07, 6.45) is 1.64. The van der Waals surface area contributed by atoms with Crippen LogP contribution in [0.4, 0.5) is 0 Å². The normalized spacial score (nSPS) is 10.7. The summed E-state index contributed by atoms with van der Waals surface area (Å²) in [6.45, 7) is 0.199. The van der Waals surface area contributed by atoms with Gasteiger partial charge in [-0.15, -0.1) is 0 Å². The molecular formula is C15H11ClN2O3. The standard InChI is InChI=1S/C15H11ClN2O3/c16-11-5-3-4-10(8-11)9-21-14-13(15(19)20)18-7-2-1-6-12(18)17-14/h1-8H,9H2,(H,19,20). The number of carboxylic acids is 1.